The zero-order valence-corrected chi connectivity index (χ0v) is 15.3. The summed E-state index contributed by atoms with van der Waals surface area (Å²) < 4.78 is 7.98. The zero-order valence-electron chi connectivity index (χ0n) is 15.3. The van der Waals surface area contributed by atoms with Crippen molar-refractivity contribution in [3.8, 4) is 17.3 Å². The third-order valence-corrected chi connectivity index (χ3v) is 4.00. The number of carbonyl (C=O) groups is 1. The number of rotatable bonds is 5. The first-order valence-electron chi connectivity index (χ1n) is 8.51. The number of aromatic nitrogens is 6. The van der Waals surface area contributed by atoms with Crippen LogP contribution in [0.1, 0.15) is 10.5 Å². The number of ether oxygens (including phenoxy) is 1. The minimum atomic E-state index is -0.582. The fourth-order valence-electron chi connectivity index (χ4n) is 2.63. The maximum absolute atomic E-state index is 12.8. The molecule has 0 aliphatic heterocycles. The SMILES string of the molecule is COc1cc(=O)n(-c2ccccc2)nc1C(=O)Nc1cc(-n2ccnc2)ncn1. The van der Waals surface area contributed by atoms with Gasteiger partial charge in [-0.3, -0.25) is 14.2 Å². The van der Waals surface area contributed by atoms with E-state index in [4.69, 9.17) is 4.74 Å². The Morgan fingerprint density at radius 3 is 2.69 bits per heavy atom. The van der Waals surface area contributed by atoms with Crippen molar-refractivity contribution in [2.45, 2.75) is 0 Å². The molecule has 4 aromatic rings. The Morgan fingerprint density at radius 2 is 1.97 bits per heavy atom. The number of amides is 1. The van der Waals surface area contributed by atoms with Crippen molar-refractivity contribution in [1.82, 2.24) is 29.3 Å². The lowest BCUT2D eigenvalue weighted by Gasteiger charge is -2.11. The van der Waals surface area contributed by atoms with Gasteiger partial charge in [0.1, 0.15) is 24.3 Å². The summed E-state index contributed by atoms with van der Waals surface area (Å²) in [6.07, 6.45) is 6.23. The second-order valence-corrected chi connectivity index (χ2v) is 5.83. The van der Waals surface area contributed by atoms with Crippen LogP contribution in [0.15, 0.2) is 72.3 Å². The van der Waals surface area contributed by atoms with E-state index < -0.39 is 11.5 Å². The molecule has 0 fully saturated rings. The molecule has 0 saturated heterocycles. The molecule has 3 heterocycles. The van der Waals surface area contributed by atoms with E-state index in [0.717, 1.165) is 4.68 Å². The van der Waals surface area contributed by atoms with Crippen molar-refractivity contribution in [3.63, 3.8) is 0 Å². The molecule has 0 atom stereocenters. The summed E-state index contributed by atoms with van der Waals surface area (Å²) in [6, 6.07) is 11.6. The number of benzene rings is 1. The van der Waals surface area contributed by atoms with Crippen LogP contribution in [-0.2, 0) is 0 Å². The fourth-order valence-corrected chi connectivity index (χ4v) is 2.63. The summed E-state index contributed by atoms with van der Waals surface area (Å²) in [4.78, 5) is 37.4. The van der Waals surface area contributed by atoms with E-state index in [1.165, 1.54) is 19.5 Å². The molecule has 10 nitrogen and oxygen atoms in total. The second-order valence-electron chi connectivity index (χ2n) is 5.83. The number of nitrogens with zero attached hydrogens (tertiary/aromatic N) is 6. The largest absolute Gasteiger partial charge is 0.494 e. The molecule has 4 rings (SSSR count). The average Bonchev–Trinajstić information content (AvgIpc) is 3.29. The molecule has 1 aromatic carbocycles. The van der Waals surface area contributed by atoms with Crippen molar-refractivity contribution >= 4 is 11.7 Å². The lowest BCUT2D eigenvalue weighted by molar-refractivity contribution is 0.101. The molecule has 0 unspecified atom stereocenters. The van der Waals surface area contributed by atoms with Crippen LogP contribution in [0.25, 0.3) is 11.5 Å². The Kier molecular flexibility index (Phi) is 4.81. The Bertz CT molecular complexity index is 1200. The standard InChI is InChI=1S/C19H15N7O3/c1-29-14-9-17(27)26(13-5-3-2-4-6-13)24-18(14)19(28)23-15-10-16(22-11-21-15)25-8-7-20-12-25/h2-12H,1H3,(H,21,22,23,28). The van der Waals surface area contributed by atoms with Gasteiger partial charge in [-0.2, -0.15) is 9.78 Å². The molecule has 3 aromatic heterocycles. The predicted octanol–water partition coefficient (Wildman–Crippen LogP) is 1.47. The summed E-state index contributed by atoms with van der Waals surface area (Å²) >= 11 is 0. The molecule has 10 heteroatoms. The second kappa shape index (κ2) is 7.72. The Hall–Kier alpha value is -4.34. The van der Waals surface area contributed by atoms with Crippen molar-refractivity contribution < 1.29 is 9.53 Å². The quantitative estimate of drug-likeness (QED) is 0.549. The summed E-state index contributed by atoms with van der Waals surface area (Å²) in [5, 5.41) is 6.84. The van der Waals surface area contributed by atoms with Crippen LogP contribution in [0.4, 0.5) is 5.82 Å². The van der Waals surface area contributed by atoms with E-state index in [9.17, 15) is 9.59 Å². The highest BCUT2D eigenvalue weighted by Gasteiger charge is 2.19. The molecule has 0 aliphatic rings. The first-order chi connectivity index (χ1) is 14.2. The number of nitrogens with one attached hydrogen (secondary N) is 1. The first-order valence-corrected chi connectivity index (χ1v) is 8.51. The van der Waals surface area contributed by atoms with Crippen LogP contribution in [0.5, 0.6) is 5.75 Å². The van der Waals surface area contributed by atoms with Crippen LogP contribution in [0.2, 0.25) is 0 Å². The maximum atomic E-state index is 12.8. The summed E-state index contributed by atoms with van der Waals surface area (Å²) in [5.74, 6) is 0.266. The molecule has 0 bridgehead atoms. The summed E-state index contributed by atoms with van der Waals surface area (Å²) in [6.45, 7) is 0. The molecule has 29 heavy (non-hydrogen) atoms. The molecular formula is C19H15N7O3. The number of para-hydroxylation sites is 1. The Morgan fingerprint density at radius 1 is 1.14 bits per heavy atom. The van der Waals surface area contributed by atoms with Crippen molar-refractivity contribution in [3.05, 3.63) is 83.6 Å². The maximum Gasteiger partial charge on any atom is 0.281 e. The average molecular weight is 389 g/mol. The number of hydrogen-bond donors (Lipinski definition) is 1. The zero-order chi connectivity index (χ0) is 20.2. The highest BCUT2D eigenvalue weighted by Crippen LogP contribution is 2.16. The van der Waals surface area contributed by atoms with Crippen LogP contribution < -0.4 is 15.6 Å². The van der Waals surface area contributed by atoms with Gasteiger partial charge in [0.2, 0.25) is 0 Å². The third-order valence-electron chi connectivity index (χ3n) is 4.00. The molecule has 0 radical (unpaired) electrons. The van der Waals surface area contributed by atoms with Crippen LogP contribution in [0.3, 0.4) is 0 Å². The monoisotopic (exact) mass is 389 g/mol. The van der Waals surface area contributed by atoms with Gasteiger partial charge < -0.3 is 10.1 Å². The van der Waals surface area contributed by atoms with E-state index in [1.54, 1.807) is 53.6 Å². The van der Waals surface area contributed by atoms with E-state index in [2.05, 4.69) is 25.4 Å². The molecule has 1 amide bonds. The van der Waals surface area contributed by atoms with Gasteiger partial charge in [0.15, 0.2) is 11.4 Å². The summed E-state index contributed by atoms with van der Waals surface area (Å²) in [7, 11) is 1.36. The van der Waals surface area contributed by atoms with Crippen molar-refractivity contribution in [1.29, 1.82) is 0 Å². The number of anilines is 1. The van der Waals surface area contributed by atoms with Crippen molar-refractivity contribution in [2.24, 2.45) is 0 Å². The van der Waals surface area contributed by atoms with Gasteiger partial charge in [-0.05, 0) is 12.1 Å². The smallest absolute Gasteiger partial charge is 0.281 e. The number of imidazole rings is 1. The topological polar surface area (TPSA) is 117 Å². The number of carbonyl (C=O) groups excluding carboxylic acids is 1. The Balaban J connectivity index is 1.68. The predicted molar refractivity (Wildman–Crippen MR) is 103 cm³/mol. The molecule has 144 valence electrons. The Labute approximate surface area is 164 Å². The van der Waals surface area contributed by atoms with E-state index in [1.807, 2.05) is 6.07 Å². The molecular weight excluding hydrogens is 374 g/mol. The molecule has 0 aliphatic carbocycles. The van der Waals surface area contributed by atoms with E-state index in [-0.39, 0.29) is 17.3 Å². The highest BCUT2D eigenvalue weighted by atomic mass is 16.5. The fraction of sp³-hybridized carbons (Fsp3) is 0.0526. The lowest BCUT2D eigenvalue weighted by atomic mass is 10.3. The normalized spacial score (nSPS) is 10.5. The van der Waals surface area contributed by atoms with Crippen LogP contribution >= 0.6 is 0 Å². The van der Waals surface area contributed by atoms with E-state index >= 15 is 0 Å². The van der Waals surface area contributed by atoms with Gasteiger partial charge >= 0.3 is 0 Å². The number of methoxy groups -OCH3 is 1. The summed E-state index contributed by atoms with van der Waals surface area (Å²) in [5.41, 5.74) is 0.0476. The van der Waals surface area contributed by atoms with Gasteiger partial charge in [-0.15, -0.1) is 0 Å². The molecule has 0 saturated carbocycles. The van der Waals surface area contributed by atoms with Gasteiger partial charge in [-0.25, -0.2) is 15.0 Å². The number of hydrogen-bond acceptors (Lipinski definition) is 7. The van der Waals surface area contributed by atoms with Gasteiger partial charge in [0.05, 0.1) is 18.9 Å². The van der Waals surface area contributed by atoms with Gasteiger partial charge in [-0.1, -0.05) is 18.2 Å². The molecule has 1 N–H and O–H groups in total. The van der Waals surface area contributed by atoms with Crippen LogP contribution in [0, 0.1) is 0 Å². The van der Waals surface area contributed by atoms with E-state index in [0.29, 0.717) is 11.5 Å². The minimum Gasteiger partial charge on any atom is -0.494 e. The third kappa shape index (κ3) is 3.72. The highest BCUT2D eigenvalue weighted by molar-refractivity contribution is 6.04. The van der Waals surface area contributed by atoms with Gasteiger partial charge in [0, 0.05) is 18.5 Å². The lowest BCUT2D eigenvalue weighted by Crippen LogP contribution is -2.26. The minimum absolute atomic E-state index is 0.0567. The van der Waals surface area contributed by atoms with Crippen LogP contribution in [-0.4, -0.2) is 42.3 Å². The first kappa shape index (κ1) is 18.0. The molecule has 0 spiro atoms. The van der Waals surface area contributed by atoms with Gasteiger partial charge in [0.25, 0.3) is 11.5 Å². The van der Waals surface area contributed by atoms with Crippen molar-refractivity contribution in [2.75, 3.05) is 12.4 Å².